The van der Waals surface area contributed by atoms with E-state index in [-0.39, 0.29) is 27.4 Å². The highest BCUT2D eigenvalue weighted by Gasteiger charge is 2.36. The number of hydrogen-bond acceptors (Lipinski definition) is 5. The molecule has 0 saturated carbocycles. The predicted molar refractivity (Wildman–Crippen MR) is 155 cm³/mol. The van der Waals surface area contributed by atoms with E-state index in [1.807, 2.05) is 11.0 Å². The minimum Gasteiger partial charge on any atom is -0.362 e. The molecule has 2 aliphatic rings. The smallest absolute Gasteiger partial charge is 0.362 e. The summed E-state index contributed by atoms with van der Waals surface area (Å²) in [5.41, 5.74) is 0.868. The van der Waals surface area contributed by atoms with Crippen molar-refractivity contribution >= 4 is 45.8 Å². The number of pyridine rings is 1. The maximum Gasteiger partial charge on any atom is 0.416 e. The largest absolute Gasteiger partial charge is 0.416 e. The van der Waals surface area contributed by atoms with Crippen LogP contribution in [0.15, 0.2) is 67.0 Å². The maximum atomic E-state index is 14.3. The van der Waals surface area contributed by atoms with E-state index in [1.54, 1.807) is 24.5 Å². The fourth-order valence-electron chi connectivity index (χ4n) is 5.84. The Bertz CT molecular complexity index is 2050. The summed E-state index contributed by atoms with van der Waals surface area (Å²) in [4.78, 5) is 37.4. The van der Waals surface area contributed by atoms with E-state index in [9.17, 15) is 31.5 Å². The summed E-state index contributed by atoms with van der Waals surface area (Å²) in [6.45, 7) is 1.37. The first kappa shape index (κ1) is 28.7. The first-order valence-corrected chi connectivity index (χ1v) is 14.0. The molecular weight excluding hydrogens is 619 g/mol. The van der Waals surface area contributed by atoms with E-state index < -0.39 is 46.8 Å². The average molecular weight is 639 g/mol. The fraction of sp³-hybridized carbons (Fsp3) is 0.161. The standard InChI is InChI=1S/C31H20ClF5N6O2/c32-22-2-1-17(33)10-20(22)28-27-21(30(45)41-28)11-19(42-5-6-43-25-3-4-38-13-24(25)39-26(43)14-42)12-23(27)40-29(44)15-7-16(31(35,36)37)9-18(34)8-15/h1-4,7-13,28H,5-6,14H2,(H,40,44)(H,41,45)/t28-/m1/s1. The Morgan fingerprint density at radius 3 is 2.64 bits per heavy atom. The van der Waals surface area contributed by atoms with Crippen molar-refractivity contribution in [3.8, 4) is 0 Å². The third-order valence-electron chi connectivity index (χ3n) is 7.90. The van der Waals surface area contributed by atoms with Gasteiger partial charge in [0, 0.05) is 57.9 Å². The highest BCUT2D eigenvalue weighted by molar-refractivity contribution is 6.31. The highest BCUT2D eigenvalue weighted by atomic mass is 35.5. The van der Waals surface area contributed by atoms with Crippen LogP contribution in [-0.2, 0) is 19.3 Å². The maximum absolute atomic E-state index is 14.3. The molecule has 7 rings (SSSR count). The summed E-state index contributed by atoms with van der Waals surface area (Å²) in [6.07, 6.45) is -1.56. The third-order valence-corrected chi connectivity index (χ3v) is 8.24. The summed E-state index contributed by atoms with van der Waals surface area (Å²) in [6, 6.07) is 9.19. The van der Waals surface area contributed by atoms with Crippen molar-refractivity contribution in [2.24, 2.45) is 0 Å². The lowest BCUT2D eigenvalue weighted by molar-refractivity contribution is -0.137. The van der Waals surface area contributed by atoms with Gasteiger partial charge in [-0.25, -0.2) is 13.8 Å². The SMILES string of the molecule is O=C(Nc1cc(N2CCn3c(nc4cnccc43)C2)cc2c1[C@@H](c1cc(F)ccc1Cl)NC2=O)c1cc(F)cc(C(F)(F)F)c1. The Morgan fingerprint density at radius 2 is 1.84 bits per heavy atom. The monoisotopic (exact) mass is 638 g/mol. The lowest BCUT2D eigenvalue weighted by Crippen LogP contribution is -2.34. The number of amides is 2. The Kier molecular flexibility index (Phi) is 6.73. The van der Waals surface area contributed by atoms with Crippen molar-refractivity contribution < 1.29 is 31.5 Å². The number of carbonyl (C=O) groups excluding carboxylic acids is 2. The van der Waals surface area contributed by atoms with Gasteiger partial charge in [0.05, 0.1) is 29.9 Å². The summed E-state index contributed by atoms with van der Waals surface area (Å²) < 4.78 is 70.7. The Morgan fingerprint density at radius 1 is 1.02 bits per heavy atom. The minimum absolute atomic E-state index is 0.0530. The van der Waals surface area contributed by atoms with Gasteiger partial charge >= 0.3 is 6.18 Å². The summed E-state index contributed by atoms with van der Waals surface area (Å²) in [7, 11) is 0. The van der Waals surface area contributed by atoms with Crippen molar-refractivity contribution in [1.82, 2.24) is 19.9 Å². The van der Waals surface area contributed by atoms with Gasteiger partial charge in [0.1, 0.15) is 23.0 Å². The molecule has 0 bridgehead atoms. The number of nitrogens with zero attached hydrogens (tertiary/aromatic N) is 4. The molecule has 4 heterocycles. The van der Waals surface area contributed by atoms with Crippen LogP contribution in [0.5, 0.6) is 0 Å². The number of halogens is 6. The Hall–Kier alpha value is -5.04. The number of aromatic nitrogens is 3. The minimum atomic E-state index is -4.89. The Balaban J connectivity index is 1.33. The number of alkyl halides is 3. The fourth-order valence-corrected chi connectivity index (χ4v) is 6.07. The summed E-state index contributed by atoms with van der Waals surface area (Å²) in [5.74, 6) is -2.71. The molecule has 2 N–H and O–H groups in total. The molecule has 0 saturated heterocycles. The second kappa shape index (κ2) is 10.5. The van der Waals surface area contributed by atoms with Gasteiger partial charge in [-0.05, 0) is 54.6 Å². The first-order valence-electron chi connectivity index (χ1n) is 13.6. The molecule has 2 aliphatic heterocycles. The molecular formula is C31H20ClF5N6O2. The van der Waals surface area contributed by atoms with E-state index in [0.717, 1.165) is 29.0 Å². The molecule has 0 radical (unpaired) electrons. The van der Waals surface area contributed by atoms with Gasteiger partial charge in [-0.3, -0.25) is 14.6 Å². The van der Waals surface area contributed by atoms with Gasteiger partial charge in [-0.1, -0.05) is 11.6 Å². The van der Waals surface area contributed by atoms with E-state index in [4.69, 9.17) is 11.6 Å². The molecule has 0 unspecified atom stereocenters. The average Bonchev–Trinajstić information content (AvgIpc) is 3.54. The van der Waals surface area contributed by atoms with Crippen molar-refractivity contribution in [2.45, 2.75) is 25.3 Å². The molecule has 8 nitrogen and oxygen atoms in total. The van der Waals surface area contributed by atoms with Gasteiger partial charge in [0.15, 0.2) is 0 Å². The van der Waals surface area contributed by atoms with Crippen LogP contribution in [0.25, 0.3) is 11.0 Å². The second-order valence-corrected chi connectivity index (χ2v) is 11.1. The zero-order valence-corrected chi connectivity index (χ0v) is 23.7. The van der Waals surface area contributed by atoms with Crippen LogP contribution in [0.4, 0.5) is 33.3 Å². The predicted octanol–water partition coefficient (Wildman–Crippen LogP) is 6.49. The normalized spacial score (nSPS) is 16.0. The topological polar surface area (TPSA) is 92.2 Å². The van der Waals surface area contributed by atoms with Crippen molar-refractivity contribution in [2.75, 3.05) is 16.8 Å². The Labute approximate surface area is 256 Å². The molecule has 1 atom stereocenters. The van der Waals surface area contributed by atoms with E-state index >= 15 is 0 Å². The number of imidazole rings is 1. The van der Waals surface area contributed by atoms with Crippen molar-refractivity contribution in [3.63, 3.8) is 0 Å². The zero-order chi connectivity index (χ0) is 31.6. The van der Waals surface area contributed by atoms with Crippen molar-refractivity contribution in [3.05, 3.63) is 117 Å². The number of carbonyl (C=O) groups is 2. The van der Waals surface area contributed by atoms with Gasteiger partial charge in [-0.15, -0.1) is 0 Å². The van der Waals surface area contributed by atoms with Crippen LogP contribution in [-0.4, -0.2) is 32.9 Å². The molecule has 0 spiro atoms. The number of nitrogens with one attached hydrogen (secondary N) is 2. The summed E-state index contributed by atoms with van der Waals surface area (Å²) >= 11 is 6.38. The second-order valence-electron chi connectivity index (χ2n) is 10.7. The van der Waals surface area contributed by atoms with E-state index in [1.165, 1.54) is 6.07 Å². The van der Waals surface area contributed by atoms with E-state index in [0.29, 0.717) is 43.5 Å². The molecule has 5 aromatic rings. The van der Waals surface area contributed by atoms with Gasteiger partial charge in [-0.2, -0.15) is 13.2 Å². The third kappa shape index (κ3) is 5.12. The van der Waals surface area contributed by atoms with Crippen LogP contribution < -0.4 is 15.5 Å². The zero-order valence-electron chi connectivity index (χ0n) is 22.9. The van der Waals surface area contributed by atoms with Crippen LogP contribution in [0.3, 0.4) is 0 Å². The quantitative estimate of drug-likeness (QED) is 0.220. The first-order chi connectivity index (χ1) is 21.5. The van der Waals surface area contributed by atoms with Crippen LogP contribution in [0.2, 0.25) is 5.02 Å². The number of benzene rings is 3. The molecule has 14 heteroatoms. The number of rotatable bonds is 4. The molecule has 0 fully saturated rings. The highest BCUT2D eigenvalue weighted by Crippen LogP contribution is 2.42. The molecule has 45 heavy (non-hydrogen) atoms. The number of hydrogen-bond donors (Lipinski definition) is 2. The molecule has 2 amide bonds. The lowest BCUT2D eigenvalue weighted by atomic mass is 9.95. The lowest BCUT2D eigenvalue weighted by Gasteiger charge is -2.31. The molecule has 228 valence electrons. The molecule has 3 aromatic carbocycles. The van der Waals surface area contributed by atoms with Gasteiger partial charge in [0.2, 0.25) is 0 Å². The van der Waals surface area contributed by atoms with Gasteiger partial charge in [0.25, 0.3) is 11.8 Å². The number of anilines is 2. The van der Waals surface area contributed by atoms with E-state index in [2.05, 4.69) is 25.2 Å². The molecule has 2 aromatic heterocycles. The van der Waals surface area contributed by atoms with Gasteiger partial charge < -0.3 is 20.1 Å². The van der Waals surface area contributed by atoms with Crippen molar-refractivity contribution in [1.29, 1.82) is 0 Å². The summed E-state index contributed by atoms with van der Waals surface area (Å²) in [5, 5.41) is 5.49. The van der Waals surface area contributed by atoms with Crippen LogP contribution >= 0.6 is 11.6 Å². The number of fused-ring (bicyclic) bond motifs is 4. The molecule has 0 aliphatic carbocycles. The van der Waals surface area contributed by atoms with Crippen LogP contribution in [0.1, 0.15) is 49.3 Å². The van der Waals surface area contributed by atoms with Crippen LogP contribution in [0, 0.1) is 11.6 Å².